The lowest BCUT2D eigenvalue weighted by atomic mass is 10.1. The van der Waals surface area contributed by atoms with Crippen molar-refractivity contribution in [3.8, 4) is 11.8 Å². The zero-order valence-electron chi connectivity index (χ0n) is 8.95. The van der Waals surface area contributed by atoms with E-state index in [-0.39, 0.29) is 5.91 Å². The summed E-state index contributed by atoms with van der Waals surface area (Å²) in [5, 5.41) is 10.8. The molecule has 1 N–H and O–H groups in total. The van der Waals surface area contributed by atoms with Crippen molar-refractivity contribution in [3.05, 3.63) is 23.8 Å². The Bertz CT molecular complexity index is 438. The van der Waals surface area contributed by atoms with Gasteiger partial charge < -0.3 is 10.1 Å². The second kappa shape index (κ2) is 5.38. The van der Waals surface area contributed by atoms with E-state index in [9.17, 15) is 4.79 Å². The molecule has 0 aliphatic carbocycles. The SMILES string of the molecule is COc1cccc(C#N)c1NC(=O)C(C)Cl. The lowest BCUT2D eigenvalue weighted by Crippen LogP contribution is -2.21. The molecule has 0 bridgehead atoms. The first-order valence-corrected chi connectivity index (χ1v) is 5.05. The van der Waals surface area contributed by atoms with E-state index < -0.39 is 5.38 Å². The van der Waals surface area contributed by atoms with Crippen LogP contribution >= 0.6 is 11.6 Å². The molecule has 0 aromatic heterocycles. The van der Waals surface area contributed by atoms with E-state index in [1.807, 2.05) is 6.07 Å². The van der Waals surface area contributed by atoms with Gasteiger partial charge in [-0.05, 0) is 19.1 Å². The minimum absolute atomic E-state index is 0.338. The number of rotatable bonds is 3. The number of hydrogen-bond acceptors (Lipinski definition) is 3. The molecule has 1 aromatic carbocycles. The van der Waals surface area contributed by atoms with Crippen LogP contribution in [-0.4, -0.2) is 18.4 Å². The topological polar surface area (TPSA) is 62.1 Å². The van der Waals surface area contributed by atoms with Gasteiger partial charge in [-0.2, -0.15) is 5.26 Å². The Labute approximate surface area is 98.8 Å². The number of nitrogens with one attached hydrogen (secondary N) is 1. The monoisotopic (exact) mass is 238 g/mol. The van der Waals surface area contributed by atoms with Gasteiger partial charge in [-0.1, -0.05) is 6.07 Å². The first kappa shape index (κ1) is 12.3. The van der Waals surface area contributed by atoms with Crippen molar-refractivity contribution >= 4 is 23.2 Å². The summed E-state index contributed by atoms with van der Waals surface area (Å²) >= 11 is 5.63. The molecule has 84 valence electrons. The van der Waals surface area contributed by atoms with E-state index in [1.54, 1.807) is 25.1 Å². The van der Waals surface area contributed by atoms with E-state index in [0.717, 1.165) is 0 Å². The van der Waals surface area contributed by atoms with Crippen LogP contribution in [0.15, 0.2) is 18.2 Å². The lowest BCUT2D eigenvalue weighted by molar-refractivity contribution is -0.115. The maximum absolute atomic E-state index is 11.4. The van der Waals surface area contributed by atoms with Gasteiger partial charge in [0.1, 0.15) is 22.9 Å². The Kier molecular flexibility index (Phi) is 4.15. The quantitative estimate of drug-likeness (QED) is 0.821. The van der Waals surface area contributed by atoms with Gasteiger partial charge in [-0.3, -0.25) is 4.79 Å². The van der Waals surface area contributed by atoms with Crippen molar-refractivity contribution in [2.45, 2.75) is 12.3 Å². The third-order valence-corrected chi connectivity index (χ3v) is 2.17. The molecule has 16 heavy (non-hydrogen) atoms. The van der Waals surface area contributed by atoms with E-state index in [2.05, 4.69) is 5.32 Å². The maximum Gasteiger partial charge on any atom is 0.242 e. The van der Waals surface area contributed by atoms with Crippen LogP contribution in [0.1, 0.15) is 12.5 Å². The van der Waals surface area contributed by atoms with Crippen LogP contribution in [0.25, 0.3) is 0 Å². The van der Waals surface area contributed by atoms with Crippen molar-refractivity contribution in [1.82, 2.24) is 0 Å². The number of para-hydroxylation sites is 1. The van der Waals surface area contributed by atoms with Gasteiger partial charge >= 0.3 is 0 Å². The zero-order chi connectivity index (χ0) is 12.1. The summed E-state index contributed by atoms with van der Waals surface area (Å²) in [5.41, 5.74) is 0.690. The van der Waals surface area contributed by atoms with Crippen molar-refractivity contribution in [2.24, 2.45) is 0 Å². The molecule has 5 heteroatoms. The molecular weight excluding hydrogens is 228 g/mol. The summed E-state index contributed by atoms with van der Waals surface area (Å²) < 4.78 is 5.06. The highest BCUT2D eigenvalue weighted by Crippen LogP contribution is 2.28. The summed E-state index contributed by atoms with van der Waals surface area (Å²) in [7, 11) is 1.47. The van der Waals surface area contributed by atoms with Crippen LogP contribution in [0.5, 0.6) is 5.75 Å². The molecule has 1 aromatic rings. The Morgan fingerprint density at radius 3 is 2.81 bits per heavy atom. The van der Waals surface area contributed by atoms with Gasteiger partial charge in [0.25, 0.3) is 0 Å². The van der Waals surface area contributed by atoms with Crippen molar-refractivity contribution < 1.29 is 9.53 Å². The number of ether oxygens (including phenoxy) is 1. The standard InChI is InChI=1S/C11H11ClN2O2/c1-7(12)11(15)14-10-8(6-13)4-3-5-9(10)16-2/h3-5,7H,1-2H3,(H,14,15). The molecule has 0 fully saturated rings. The number of carbonyl (C=O) groups is 1. The van der Waals surface area contributed by atoms with E-state index in [1.165, 1.54) is 7.11 Å². The summed E-state index contributed by atoms with van der Waals surface area (Å²) in [6.45, 7) is 1.55. The highest BCUT2D eigenvalue weighted by atomic mass is 35.5. The number of benzene rings is 1. The summed E-state index contributed by atoms with van der Waals surface area (Å²) in [5.74, 6) is 0.0624. The van der Waals surface area contributed by atoms with Gasteiger partial charge in [0.2, 0.25) is 5.91 Å². The normalized spacial score (nSPS) is 11.4. The molecule has 0 aliphatic rings. The van der Waals surface area contributed by atoms with Crippen molar-refractivity contribution in [1.29, 1.82) is 5.26 Å². The van der Waals surface area contributed by atoms with Crippen molar-refractivity contribution in [3.63, 3.8) is 0 Å². The average Bonchev–Trinajstić information content (AvgIpc) is 2.29. The Morgan fingerprint density at radius 1 is 1.62 bits per heavy atom. The van der Waals surface area contributed by atoms with Crippen LogP contribution in [0.2, 0.25) is 0 Å². The van der Waals surface area contributed by atoms with Gasteiger partial charge in [0, 0.05) is 0 Å². The fourth-order valence-corrected chi connectivity index (χ4v) is 1.20. The highest BCUT2D eigenvalue weighted by molar-refractivity contribution is 6.32. The lowest BCUT2D eigenvalue weighted by Gasteiger charge is -2.12. The molecule has 0 saturated carbocycles. The Morgan fingerprint density at radius 2 is 2.31 bits per heavy atom. The third kappa shape index (κ3) is 2.65. The van der Waals surface area contributed by atoms with Crippen LogP contribution in [0, 0.1) is 11.3 Å². The van der Waals surface area contributed by atoms with Crippen LogP contribution < -0.4 is 10.1 Å². The minimum atomic E-state index is -0.670. The minimum Gasteiger partial charge on any atom is -0.495 e. The number of nitrogens with zero attached hydrogens (tertiary/aromatic N) is 1. The fraction of sp³-hybridized carbons (Fsp3) is 0.273. The number of carbonyl (C=O) groups excluding carboxylic acids is 1. The number of nitriles is 1. The molecule has 1 amide bonds. The molecule has 0 spiro atoms. The molecule has 1 unspecified atom stereocenters. The number of amides is 1. The maximum atomic E-state index is 11.4. The predicted molar refractivity (Wildman–Crippen MR) is 61.7 cm³/mol. The summed E-state index contributed by atoms with van der Waals surface area (Å²) in [6.07, 6.45) is 0. The van der Waals surface area contributed by atoms with Gasteiger partial charge in [-0.15, -0.1) is 11.6 Å². The second-order valence-corrected chi connectivity index (χ2v) is 3.75. The highest BCUT2D eigenvalue weighted by Gasteiger charge is 2.15. The van der Waals surface area contributed by atoms with E-state index >= 15 is 0 Å². The van der Waals surface area contributed by atoms with E-state index in [4.69, 9.17) is 21.6 Å². The van der Waals surface area contributed by atoms with Crippen LogP contribution in [0.4, 0.5) is 5.69 Å². The fourth-order valence-electron chi connectivity index (χ4n) is 1.15. The van der Waals surface area contributed by atoms with Gasteiger partial charge in [-0.25, -0.2) is 0 Å². The zero-order valence-corrected chi connectivity index (χ0v) is 9.71. The molecular formula is C11H11ClN2O2. The molecule has 1 rings (SSSR count). The molecule has 0 saturated heterocycles. The molecule has 0 radical (unpaired) electrons. The Balaban J connectivity index is 3.10. The number of methoxy groups -OCH3 is 1. The average molecular weight is 239 g/mol. The summed E-state index contributed by atoms with van der Waals surface area (Å²) in [6, 6.07) is 6.91. The van der Waals surface area contributed by atoms with Crippen LogP contribution in [-0.2, 0) is 4.79 Å². The van der Waals surface area contributed by atoms with Gasteiger partial charge in [0.15, 0.2) is 0 Å². The third-order valence-electron chi connectivity index (χ3n) is 1.98. The molecule has 4 nitrogen and oxygen atoms in total. The van der Waals surface area contributed by atoms with Gasteiger partial charge in [0.05, 0.1) is 12.7 Å². The second-order valence-electron chi connectivity index (χ2n) is 3.10. The van der Waals surface area contributed by atoms with Crippen LogP contribution in [0.3, 0.4) is 0 Å². The van der Waals surface area contributed by atoms with E-state index in [0.29, 0.717) is 17.0 Å². The largest absolute Gasteiger partial charge is 0.495 e. The molecule has 1 atom stereocenters. The number of hydrogen-bond donors (Lipinski definition) is 1. The predicted octanol–water partition coefficient (Wildman–Crippen LogP) is 2.13. The summed E-state index contributed by atoms with van der Waals surface area (Å²) in [4.78, 5) is 11.4. The smallest absolute Gasteiger partial charge is 0.242 e. The number of anilines is 1. The van der Waals surface area contributed by atoms with Crippen molar-refractivity contribution in [2.75, 3.05) is 12.4 Å². The number of halogens is 1. The Hall–Kier alpha value is -1.73. The number of alkyl halides is 1. The first-order chi connectivity index (χ1) is 7.60. The molecule has 0 aliphatic heterocycles. The first-order valence-electron chi connectivity index (χ1n) is 4.62. The molecule has 0 heterocycles.